The van der Waals surface area contributed by atoms with Crippen LogP contribution in [0.2, 0.25) is 0 Å². The zero-order valence-corrected chi connectivity index (χ0v) is 20.6. The summed E-state index contributed by atoms with van der Waals surface area (Å²) in [6.45, 7) is 1.76. The Morgan fingerprint density at radius 1 is 1.19 bits per heavy atom. The summed E-state index contributed by atoms with van der Waals surface area (Å²) < 4.78 is 11.1. The summed E-state index contributed by atoms with van der Waals surface area (Å²) in [5.74, 6) is 1.34. The van der Waals surface area contributed by atoms with Crippen molar-refractivity contribution < 1.29 is 19.4 Å². The first-order chi connectivity index (χ1) is 18.1. The largest absolute Gasteiger partial charge is 0.489 e. The average Bonchev–Trinajstić information content (AvgIpc) is 2.94. The fourth-order valence-corrected chi connectivity index (χ4v) is 3.98. The monoisotopic (exact) mass is 503 g/mol. The summed E-state index contributed by atoms with van der Waals surface area (Å²) >= 11 is 0. The molecular formula is C26H29N7O4. The first-order valence-corrected chi connectivity index (χ1v) is 12.0. The van der Waals surface area contributed by atoms with Crippen molar-refractivity contribution in [3.8, 4) is 23.1 Å². The van der Waals surface area contributed by atoms with E-state index in [9.17, 15) is 10.1 Å². The lowest BCUT2D eigenvalue weighted by Crippen LogP contribution is -2.42. The number of aliphatic hydroxyl groups is 1. The van der Waals surface area contributed by atoms with E-state index in [-0.39, 0.29) is 12.0 Å². The lowest BCUT2D eigenvalue weighted by molar-refractivity contribution is -0.135. The molecular weight excluding hydrogens is 474 g/mol. The third-order valence-corrected chi connectivity index (χ3v) is 5.90. The molecule has 11 heteroatoms. The lowest BCUT2D eigenvalue weighted by atomic mass is 10.1. The van der Waals surface area contributed by atoms with Gasteiger partial charge in [-0.3, -0.25) is 4.79 Å². The van der Waals surface area contributed by atoms with Gasteiger partial charge in [0.1, 0.15) is 30.3 Å². The van der Waals surface area contributed by atoms with E-state index in [2.05, 4.69) is 31.7 Å². The molecule has 1 aromatic carbocycles. The third-order valence-electron chi connectivity index (χ3n) is 5.90. The van der Waals surface area contributed by atoms with Crippen LogP contribution in [-0.4, -0.2) is 76.9 Å². The Morgan fingerprint density at radius 2 is 2.00 bits per heavy atom. The molecule has 0 bridgehead atoms. The second kappa shape index (κ2) is 12.6. The predicted octanol–water partition coefficient (Wildman–Crippen LogP) is 2.57. The molecule has 2 aromatic heterocycles. The van der Waals surface area contributed by atoms with Gasteiger partial charge in [-0.15, -0.1) is 0 Å². The highest BCUT2D eigenvalue weighted by Crippen LogP contribution is 2.28. The number of benzene rings is 1. The number of pyridine rings is 1. The normalized spacial score (nSPS) is 13.6. The summed E-state index contributed by atoms with van der Waals surface area (Å²) in [5.41, 5.74) is 2.60. The van der Waals surface area contributed by atoms with Gasteiger partial charge in [0.2, 0.25) is 11.9 Å². The Balaban J connectivity index is 1.43. The zero-order chi connectivity index (χ0) is 26.0. The maximum absolute atomic E-state index is 11.7. The number of anilines is 3. The van der Waals surface area contributed by atoms with Crippen LogP contribution in [0.1, 0.15) is 18.4 Å². The molecule has 1 fully saturated rings. The molecule has 0 saturated carbocycles. The number of rotatable bonds is 10. The Kier molecular flexibility index (Phi) is 8.80. The molecule has 37 heavy (non-hydrogen) atoms. The molecule has 3 N–H and O–H groups in total. The van der Waals surface area contributed by atoms with E-state index in [1.165, 1.54) is 0 Å². The number of aliphatic hydroxyl groups excluding tert-OH is 1. The predicted molar refractivity (Wildman–Crippen MR) is 137 cm³/mol. The van der Waals surface area contributed by atoms with Gasteiger partial charge in [0.25, 0.3) is 0 Å². The highest BCUT2D eigenvalue weighted by molar-refractivity contribution is 5.77. The van der Waals surface area contributed by atoms with Crippen LogP contribution in [0.15, 0.2) is 48.8 Å². The van der Waals surface area contributed by atoms with Crippen LogP contribution in [0.4, 0.5) is 17.5 Å². The minimum absolute atomic E-state index is 0.107. The van der Waals surface area contributed by atoms with E-state index >= 15 is 0 Å². The molecule has 0 spiro atoms. The molecule has 0 aliphatic carbocycles. The summed E-state index contributed by atoms with van der Waals surface area (Å²) in [7, 11) is 1.65. The number of nitrogens with one attached hydrogen (secondary N) is 2. The highest BCUT2D eigenvalue weighted by atomic mass is 16.5. The van der Waals surface area contributed by atoms with Gasteiger partial charge < -0.3 is 30.1 Å². The number of hydrogen-bond donors (Lipinski definition) is 3. The Labute approximate surface area is 215 Å². The van der Waals surface area contributed by atoms with Crippen LogP contribution in [0.3, 0.4) is 0 Å². The van der Waals surface area contributed by atoms with Crippen molar-refractivity contribution in [3.05, 3.63) is 54.4 Å². The second-order valence-corrected chi connectivity index (χ2v) is 8.42. The van der Waals surface area contributed by atoms with Crippen LogP contribution in [0.25, 0.3) is 11.3 Å². The van der Waals surface area contributed by atoms with Crippen molar-refractivity contribution in [1.29, 1.82) is 5.26 Å². The molecule has 11 nitrogen and oxygen atoms in total. The molecule has 3 aromatic rings. The molecule has 1 aliphatic heterocycles. The van der Waals surface area contributed by atoms with Crippen molar-refractivity contribution >= 4 is 23.4 Å². The SMILES string of the molecule is COCCNc1cc(Nc2nccc(-c3ccc(OC4CCN(C(=O)CO)CC4)c(C#N)c3)n2)ccn1. The van der Waals surface area contributed by atoms with Crippen LogP contribution in [0.5, 0.6) is 5.75 Å². The fraction of sp³-hybridized carbons (Fsp3) is 0.346. The van der Waals surface area contributed by atoms with Crippen LogP contribution < -0.4 is 15.4 Å². The van der Waals surface area contributed by atoms with E-state index in [4.69, 9.17) is 14.6 Å². The van der Waals surface area contributed by atoms with Gasteiger partial charge in [-0.1, -0.05) is 0 Å². The van der Waals surface area contributed by atoms with Gasteiger partial charge in [0.15, 0.2) is 0 Å². The number of hydrogen-bond acceptors (Lipinski definition) is 10. The summed E-state index contributed by atoms with van der Waals surface area (Å²) in [6, 6.07) is 13.0. The van der Waals surface area contributed by atoms with Crippen LogP contribution in [-0.2, 0) is 9.53 Å². The Morgan fingerprint density at radius 3 is 2.76 bits per heavy atom. The first kappa shape index (κ1) is 25.8. The van der Waals surface area contributed by atoms with E-state index in [0.29, 0.717) is 67.9 Å². The molecule has 0 unspecified atom stereocenters. The molecule has 1 aliphatic rings. The second-order valence-electron chi connectivity index (χ2n) is 8.42. The standard InChI is InChI=1S/C26H29N7O4/c1-36-13-10-29-24-15-20(4-8-28-24)31-26-30-9-5-22(32-26)18-2-3-23(19(14-18)16-27)37-21-6-11-33(12-7-21)25(35)17-34/h2-5,8-9,14-15,21,34H,6-7,10-13,17H2,1H3,(H2,28,29,30,31,32). The number of nitriles is 1. The van der Waals surface area contributed by atoms with Gasteiger partial charge in [0.05, 0.1) is 17.9 Å². The maximum Gasteiger partial charge on any atom is 0.248 e. The molecule has 1 amide bonds. The summed E-state index contributed by atoms with van der Waals surface area (Å²) in [4.78, 5) is 26.5. The van der Waals surface area contributed by atoms with Crippen molar-refractivity contribution in [3.63, 3.8) is 0 Å². The summed E-state index contributed by atoms with van der Waals surface area (Å²) in [5, 5.41) is 25.1. The first-order valence-electron chi connectivity index (χ1n) is 12.0. The summed E-state index contributed by atoms with van der Waals surface area (Å²) in [6.07, 6.45) is 4.51. The van der Waals surface area contributed by atoms with E-state index < -0.39 is 6.61 Å². The van der Waals surface area contributed by atoms with Crippen molar-refractivity contribution in [2.24, 2.45) is 0 Å². The van der Waals surface area contributed by atoms with Gasteiger partial charge in [-0.05, 0) is 30.3 Å². The highest BCUT2D eigenvalue weighted by Gasteiger charge is 2.24. The van der Waals surface area contributed by atoms with Crippen molar-refractivity contribution in [2.45, 2.75) is 18.9 Å². The van der Waals surface area contributed by atoms with Crippen molar-refractivity contribution in [2.75, 3.05) is 50.6 Å². The third kappa shape index (κ3) is 6.91. The quantitative estimate of drug-likeness (QED) is 0.353. The van der Waals surface area contributed by atoms with E-state index in [1.807, 2.05) is 18.2 Å². The average molecular weight is 504 g/mol. The molecule has 0 radical (unpaired) electrons. The minimum atomic E-state index is -0.485. The number of likely N-dealkylation sites (tertiary alicyclic amines) is 1. The molecule has 3 heterocycles. The number of aromatic nitrogens is 3. The van der Waals surface area contributed by atoms with E-state index in [1.54, 1.807) is 42.6 Å². The number of ether oxygens (including phenoxy) is 2. The topological polar surface area (TPSA) is 146 Å². The van der Waals surface area contributed by atoms with Gasteiger partial charge >= 0.3 is 0 Å². The fourth-order valence-electron chi connectivity index (χ4n) is 3.98. The minimum Gasteiger partial charge on any atom is -0.489 e. The molecule has 4 rings (SSSR count). The number of amides is 1. The smallest absolute Gasteiger partial charge is 0.248 e. The van der Waals surface area contributed by atoms with Crippen LogP contribution >= 0.6 is 0 Å². The Bertz CT molecular complexity index is 1260. The molecule has 0 atom stereocenters. The molecule has 1 saturated heterocycles. The zero-order valence-electron chi connectivity index (χ0n) is 20.6. The lowest BCUT2D eigenvalue weighted by Gasteiger charge is -2.32. The van der Waals surface area contributed by atoms with Gasteiger partial charge in [-0.25, -0.2) is 15.0 Å². The maximum atomic E-state index is 11.7. The number of methoxy groups -OCH3 is 1. The van der Waals surface area contributed by atoms with Gasteiger partial charge in [0, 0.05) is 69.3 Å². The number of carbonyl (C=O) groups excluding carboxylic acids is 1. The molecule has 192 valence electrons. The van der Waals surface area contributed by atoms with E-state index in [0.717, 1.165) is 11.3 Å². The number of nitrogens with zero attached hydrogens (tertiary/aromatic N) is 5. The number of piperidine rings is 1. The van der Waals surface area contributed by atoms with Crippen molar-refractivity contribution in [1.82, 2.24) is 19.9 Å². The van der Waals surface area contributed by atoms with Crippen LogP contribution in [0, 0.1) is 11.3 Å². The van der Waals surface area contributed by atoms with Gasteiger partial charge in [-0.2, -0.15) is 5.26 Å². The number of carbonyl (C=O) groups is 1. The Hall–Kier alpha value is -4.27.